The first-order chi connectivity index (χ1) is 9.28. The Hall–Kier alpha value is -0.0800. The largest absolute Gasteiger partial charge is 0.329 e. The van der Waals surface area contributed by atoms with E-state index in [-0.39, 0.29) is 5.54 Å². The highest BCUT2D eigenvalue weighted by molar-refractivity contribution is 4.94. The van der Waals surface area contributed by atoms with Crippen LogP contribution in [0.3, 0.4) is 0 Å². The van der Waals surface area contributed by atoms with E-state index in [0.29, 0.717) is 0 Å². The van der Waals surface area contributed by atoms with Crippen LogP contribution in [0.5, 0.6) is 0 Å². The number of hydrogen-bond acceptors (Lipinski definition) is 2. The molecule has 0 heterocycles. The quantitative estimate of drug-likeness (QED) is 0.755. The number of rotatable bonds is 4. The maximum atomic E-state index is 6.19. The first kappa shape index (κ1) is 15.3. The second-order valence-corrected chi connectivity index (χ2v) is 7.02. The molecule has 2 aliphatic rings. The van der Waals surface area contributed by atoms with Gasteiger partial charge in [-0.15, -0.1) is 0 Å². The Bertz CT molecular complexity index is 246. The molecule has 2 saturated carbocycles. The maximum Gasteiger partial charge on any atom is 0.0306 e. The lowest BCUT2D eigenvalue weighted by Crippen LogP contribution is -2.54. The van der Waals surface area contributed by atoms with Crippen LogP contribution in [0.2, 0.25) is 0 Å². The van der Waals surface area contributed by atoms with Gasteiger partial charge in [0.15, 0.2) is 0 Å². The van der Waals surface area contributed by atoms with Crippen LogP contribution in [-0.4, -0.2) is 18.1 Å². The molecule has 2 fully saturated rings. The van der Waals surface area contributed by atoms with Crippen LogP contribution in [-0.2, 0) is 0 Å². The average molecular weight is 266 g/mol. The van der Waals surface area contributed by atoms with Gasteiger partial charge in [-0.3, -0.25) is 0 Å². The van der Waals surface area contributed by atoms with Gasteiger partial charge in [-0.05, 0) is 38.0 Å². The van der Waals surface area contributed by atoms with Crippen LogP contribution in [0.15, 0.2) is 0 Å². The van der Waals surface area contributed by atoms with Crippen LogP contribution in [0.25, 0.3) is 0 Å². The lowest BCUT2D eigenvalue weighted by Gasteiger charge is -2.37. The van der Waals surface area contributed by atoms with Crippen molar-refractivity contribution in [1.29, 1.82) is 0 Å². The van der Waals surface area contributed by atoms with Gasteiger partial charge in [0.1, 0.15) is 0 Å². The normalized spacial score (nSPS) is 34.7. The Morgan fingerprint density at radius 1 is 0.947 bits per heavy atom. The molecule has 0 bridgehead atoms. The van der Waals surface area contributed by atoms with Crippen molar-refractivity contribution in [2.45, 2.75) is 95.6 Å². The molecule has 0 saturated heterocycles. The molecule has 0 amide bonds. The van der Waals surface area contributed by atoms with Gasteiger partial charge in [0, 0.05) is 18.1 Å². The molecule has 0 spiro atoms. The molecular formula is C17H34N2. The summed E-state index contributed by atoms with van der Waals surface area (Å²) in [5.74, 6) is 0.948. The zero-order valence-corrected chi connectivity index (χ0v) is 12.9. The van der Waals surface area contributed by atoms with Gasteiger partial charge in [0.2, 0.25) is 0 Å². The summed E-state index contributed by atoms with van der Waals surface area (Å²) in [5.41, 5.74) is 6.45. The van der Waals surface area contributed by atoms with Crippen molar-refractivity contribution >= 4 is 0 Å². The summed E-state index contributed by atoms with van der Waals surface area (Å²) in [5, 5.41) is 4.02. The fourth-order valence-electron chi connectivity index (χ4n) is 4.15. The van der Waals surface area contributed by atoms with Gasteiger partial charge in [0.05, 0.1) is 0 Å². The van der Waals surface area contributed by atoms with E-state index in [1.165, 1.54) is 77.0 Å². The van der Waals surface area contributed by atoms with E-state index in [9.17, 15) is 0 Å². The fraction of sp³-hybridized carbons (Fsp3) is 1.00. The van der Waals surface area contributed by atoms with Crippen molar-refractivity contribution in [3.8, 4) is 0 Å². The highest BCUT2D eigenvalue weighted by Gasteiger charge is 2.33. The summed E-state index contributed by atoms with van der Waals surface area (Å²) in [7, 11) is 0. The van der Waals surface area contributed by atoms with Crippen LogP contribution in [0.1, 0.15) is 84.0 Å². The number of nitrogens with one attached hydrogen (secondary N) is 1. The van der Waals surface area contributed by atoms with Crippen molar-refractivity contribution in [1.82, 2.24) is 5.32 Å². The molecule has 2 nitrogen and oxygen atoms in total. The van der Waals surface area contributed by atoms with E-state index in [1.807, 2.05) is 0 Å². The van der Waals surface area contributed by atoms with Crippen LogP contribution < -0.4 is 11.1 Å². The second-order valence-electron chi connectivity index (χ2n) is 7.02. The zero-order valence-electron chi connectivity index (χ0n) is 12.9. The Balaban J connectivity index is 1.92. The minimum Gasteiger partial charge on any atom is -0.329 e. The average Bonchev–Trinajstić information content (AvgIpc) is 2.80. The van der Waals surface area contributed by atoms with Crippen molar-refractivity contribution < 1.29 is 0 Å². The minimum absolute atomic E-state index is 0.263. The Morgan fingerprint density at radius 3 is 2.32 bits per heavy atom. The van der Waals surface area contributed by atoms with Gasteiger partial charge < -0.3 is 11.1 Å². The fourth-order valence-corrected chi connectivity index (χ4v) is 4.15. The Kier molecular flexibility index (Phi) is 6.15. The molecule has 19 heavy (non-hydrogen) atoms. The Morgan fingerprint density at radius 2 is 1.68 bits per heavy atom. The summed E-state index contributed by atoms with van der Waals surface area (Å²) >= 11 is 0. The zero-order chi connectivity index (χ0) is 13.6. The summed E-state index contributed by atoms with van der Waals surface area (Å²) in [6.45, 7) is 3.18. The van der Waals surface area contributed by atoms with Crippen LogP contribution in [0, 0.1) is 5.92 Å². The van der Waals surface area contributed by atoms with E-state index in [1.54, 1.807) is 0 Å². The van der Waals surface area contributed by atoms with E-state index >= 15 is 0 Å². The van der Waals surface area contributed by atoms with Crippen LogP contribution >= 0.6 is 0 Å². The molecule has 0 aromatic rings. The molecule has 2 aliphatic carbocycles. The SMILES string of the molecule is CCC1CCCC(CN)(NC2CCCCCC2)CC1. The van der Waals surface area contributed by atoms with Gasteiger partial charge in [-0.1, -0.05) is 51.9 Å². The van der Waals surface area contributed by atoms with Crippen molar-refractivity contribution in [2.75, 3.05) is 6.54 Å². The van der Waals surface area contributed by atoms with Gasteiger partial charge in [-0.25, -0.2) is 0 Å². The first-order valence-corrected chi connectivity index (χ1v) is 8.76. The molecule has 112 valence electrons. The smallest absolute Gasteiger partial charge is 0.0306 e. The summed E-state index contributed by atoms with van der Waals surface area (Å²) in [6.07, 6.45) is 16.6. The second kappa shape index (κ2) is 7.64. The highest BCUT2D eigenvalue weighted by atomic mass is 15.0. The molecular weight excluding hydrogens is 232 g/mol. The third kappa shape index (κ3) is 4.46. The first-order valence-electron chi connectivity index (χ1n) is 8.76. The monoisotopic (exact) mass is 266 g/mol. The van der Waals surface area contributed by atoms with E-state index in [2.05, 4.69) is 12.2 Å². The summed E-state index contributed by atoms with van der Waals surface area (Å²) < 4.78 is 0. The number of hydrogen-bond donors (Lipinski definition) is 2. The molecule has 0 radical (unpaired) electrons. The van der Waals surface area contributed by atoms with Gasteiger partial charge in [-0.2, -0.15) is 0 Å². The maximum absolute atomic E-state index is 6.19. The van der Waals surface area contributed by atoms with E-state index in [0.717, 1.165) is 18.5 Å². The van der Waals surface area contributed by atoms with Crippen LogP contribution in [0.4, 0.5) is 0 Å². The van der Waals surface area contributed by atoms with Gasteiger partial charge in [0.25, 0.3) is 0 Å². The predicted octanol–water partition coefficient (Wildman–Crippen LogP) is 3.99. The third-order valence-corrected chi connectivity index (χ3v) is 5.63. The topological polar surface area (TPSA) is 38.0 Å². The lowest BCUT2D eigenvalue weighted by molar-refractivity contribution is 0.243. The van der Waals surface area contributed by atoms with Crippen molar-refractivity contribution in [3.05, 3.63) is 0 Å². The molecule has 3 N–H and O–H groups in total. The molecule has 2 heteroatoms. The standard InChI is InChI=1S/C17H34N2/c1-2-15-8-7-12-17(14-18,13-11-15)19-16-9-5-3-4-6-10-16/h15-16,19H,2-14,18H2,1H3. The number of nitrogens with two attached hydrogens (primary N) is 1. The highest BCUT2D eigenvalue weighted by Crippen LogP contribution is 2.33. The molecule has 2 unspecified atom stereocenters. The molecule has 2 rings (SSSR count). The molecule has 2 atom stereocenters. The third-order valence-electron chi connectivity index (χ3n) is 5.63. The molecule has 0 aromatic heterocycles. The Labute approximate surface area is 119 Å². The van der Waals surface area contributed by atoms with Gasteiger partial charge >= 0.3 is 0 Å². The van der Waals surface area contributed by atoms with E-state index in [4.69, 9.17) is 5.73 Å². The predicted molar refractivity (Wildman–Crippen MR) is 83.3 cm³/mol. The summed E-state index contributed by atoms with van der Waals surface area (Å²) in [6, 6.07) is 0.740. The van der Waals surface area contributed by atoms with E-state index < -0.39 is 0 Å². The molecule has 0 aliphatic heterocycles. The van der Waals surface area contributed by atoms with Crippen molar-refractivity contribution in [3.63, 3.8) is 0 Å². The lowest BCUT2D eigenvalue weighted by atomic mass is 9.87. The molecule has 0 aromatic carbocycles. The minimum atomic E-state index is 0.263. The van der Waals surface area contributed by atoms with Crippen molar-refractivity contribution in [2.24, 2.45) is 11.7 Å². The summed E-state index contributed by atoms with van der Waals surface area (Å²) in [4.78, 5) is 0.